The first-order valence-corrected chi connectivity index (χ1v) is 10.1. The van der Waals surface area contributed by atoms with Gasteiger partial charge in [-0.2, -0.15) is 0 Å². The minimum Gasteiger partial charge on any atom is -0.361 e. The average Bonchev–Trinajstić information content (AvgIpc) is 3.25. The Labute approximate surface area is 171 Å². The quantitative estimate of drug-likeness (QED) is 0.689. The third-order valence-electron chi connectivity index (χ3n) is 5.80. The molecule has 2 N–H and O–H groups in total. The summed E-state index contributed by atoms with van der Waals surface area (Å²) in [5, 5.41) is 4.21. The van der Waals surface area contributed by atoms with Gasteiger partial charge in [0.05, 0.1) is 5.92 Å². The highest BCUT2D eigenvalue weighted by atomic mass is 16.2. The number of rotatable bonds is 5. The van der Waals surface area contributed by atoms with Gasteiger partial charge in [0.1, 0.15) is 0 Å². The van der Waals surface area contributed by atoms with E-state index in [0.29, 0.717) is 13.1 Å². The summed E-state index contributed by atoms with van der Waals surface area (Å²) in [4.78, 5) is 30.3. The highest BCUT2D eigenvalue weighted by Crippen LogP contribution is 2.24. The molecule has 0 radical (unpaired) electrons. The number of nitrogens with zero attached hydrogens (tertiary/aromatic N) is 1. The summed E-state index contributed by atoms with van der Waals surface area (Å²) < 4.78 is 0. The lowest BCUT2D eigenvalue weighted by Gasteiger charge is -2.17. The van der Waals surface area contributed by atoms with E-state index in [2.05, 4.69) is 35.4 Å². The maximum absolute atomic E-state index is 12.7. The molecule has 5 nitrogen and oxygen atoms in total. The number of anilines is 1. The van der Waals surface area contributed by atoms with Crippen molar-refractivity contribution in [3.63, 3.8) is 0 Å². The normalized spacial score (nSPS) is 16.6. The largest absolute Gasteiger partial charge is 0.361 e. The van der Waals surface area contributed by atoms with Crippen LogP contribution in [-0.4, -0.2) is 34.8 Å². The van der Waals surface area contributed by atoms with Crippen molar-refractivity contribution in [2.75, 3.05) is 18.4 Å². The molecule has 3 aromatic rings. The zero-order chi connectivity index (χ0) is 20.5. The lowest BCUT2D eigenvalue weighted by atomic mass is 10.1. The molecule has 1 fully saturated rings. The van der Waals surface area contributed by atoms with Crippen LogP contribution in [0.3, 0.4) is 0 Å². The van der Waals surface area contributed by atoms with Crippen LogP contribution >= 0.6 is 0 Å². The summed E-state index contributed by atoms with van der Waals surface area (Å²) in [5.41, 5.74) is 6.56. The molecule has 0 aliphatic carbocycles. The van der Waals surface area contributed by atoms with Crippen LogP contribution < -0.4 is 5.32 Å². The molecule has 1 aromatic heterocycles. The van der Waals surface area contributed by atoms with Crippen LogP contribution in [0.2, 0.25) is 0 Å². The van der Waals surface area contributed by atoms with Gasteiger partial charge in [-0.3, -0.25) is 9.59 Å². The van der Waals surface area contributed by atoms with Crippen molar-refractivity contribution in [3.05, 3.63) is 64.8 Å². The van der Waals surface area contributed by atoms with Gasteiger partial charge in [-0.1, -0.05) is 29.3 Å². The molecule has 5 heteroatoms. The van der Waals surface area contributed by atoms with Crippen LogP contribution in [0.25, 0.3) is 10.9 Å². The van der Waals surface area contributed by atoms with Gasteiger partial charge in [-0.05, 0) is 56.5 Å². The van der Waals surface area contributed by atoms with E-state index in [9.17, 15) is 9.59 Å². The SMILES string of the molecule is Cc1ccc(NC(=O)C2CC(=O)N(CCc3c[nH]c4ccc(C)cc34)C2)c(C)c1. The summed E-state index contributed by atoms with van der Waals surface area (Å²) in [5.74, 6) is -0.314. The lowest BCUT2D eigenvalue weighted by Crippen LogP contribution is -2.30. The molecule has 29 heavy (non-hydrogen) atoms. The van der Waals surface area contributed by atoms with Crippen molar-refractivity contribution in [1.29, 1.82) is 0 Å². The van der Waals surface area contributed by atoms with Crippen molar-refractivity contribution in [1.82, 2.24) is 9.88 Å². The van der Waals surface area contributed by atoms with Gasteiger partial charge in [0, 0.05) is 42.3 Å². The van der Waals surface area contributed by atoms with Crippen molar-refractivity contribution in [3.8, 4) is 0 Å². The molecule has 0 spiro atoms. The topological polar surface area (TPSA) is 65.2 Å². The summed E-state index contributed by atoms with van der Waals surface area (Å²) in [6, 6.07) is 12.3. The number of amides is 2. The smallest absolute Gasteiger partial charge is 0.229 e. The fourth-order valence-corrected chi connectivity index (χ4v) is 4.11. The maximum Gasteiger partial charge on any atom is 0.229 e. The molecule has 1 aliphatic rings. The number of nitrogens with one attached hydrogen (secondary N) is 2. The zero-order valence-electron chi connectivity index (χ0n) is 17.2. The second-order valence-electron chi connectivity index (χ2n) is 8.16. The number of likely N-dealkylation sites (tertiary alicyclic amines) is 1. The molecule has 0 saturated carbocycles. The molecular weight excluding hydrogens is 362 g/mol. The number of hydrogen-bond donors (Lipinski definition) is 2. The molecule has 2 amide bonds. The minimum atomic E-state index is -0.298. The van der Waals surface area contributed by atoms with Crippen LogP contribution in [0.4, 0.5) is 5.69 Å². The Bertz CT molecular complexity index is 1080. The number of H-pyrrole nitrogens is 1. The van der Waals surface area contributed by atoms with Crippen molar-refractivity contribution in [2.45, 2.75) is 33.6 Å². The Morgan fingerprint density at radius 1 is 1.14 bits per heavy atom. The number of carbonyl (C=O) groups excluding carboxylic acids is 2. The molecule has 4 rings (SSSR count). The monoisotopic (exact) mass is 389 g/mol. The fraction of sp³-hybridized carbons (Fsp3) is 0.333. The molecule has 1 saturated heterocycles. The maximum atomic E-state index is 12.7. The number of aromatic nitrogens is 1. The summed E-state index contributed by atoms with van der Waals surface area (Å²) in [7, 11) is 0. The van der Waals surface area contributed by atoms with E-state index < -0.39 is 0 Å². The predicted octanol–water partition coefficient (Wildman–Crippen LogP) is 4.12. The van der Waals surface area contributed by atoms with Gasteiger partial charge in [0.2, 0.25) is 11.8 Å². The number of benzene rings is 2. The first kappa shape index (κ1) is 19.2. The molecule has 1 atom stereocenters. The number of fused-ring (bicyclic) bond motifs is 1. The molecule has 1 unspecified atom stereocenters. The molecule has 150 valence electrons. The summed E-state index contributed by atoms with van der Waals surface area (Å²) in [6.07, 6.45) is 3.08. The van der Waals surface area contributed by atoms with Gasteiger partial charge < -0.3 is 15.2 Å². The lowest BCUT2D eigenvalue weighted by molar-refractivity contribution is -0.128. The van der Waals surface area contributed by atoms with Crippen LogP contribution in [0.15, 0.2) is 42.6 Å². The van der Waals surface area contributed by atoms with E-state index in [-0.39, 0.29) is 24.2 Å². The zero-order valence-corrected chi connectivity index (χ0v) is 17.2. The third-order valence-corrected chi connectivity index (χ3v) is 5.80. The average molecular weight is 389 g/mol. The third kappa shape index (κ3) is 4.04. The number of aromatic amines is 1. The molecule has 1 aliphatic heterocycles. The van der Waals surface area contributed by atoms with Gasteiger partial charge >= 0.3 is 0 Å². The highest BCUT2D eigenvalue weighted by Gasteiger charge is 2.34. The molecular formula is C24H27N3O2. The van der Waals surface area contributed by atoms with E-state index in [0.717, 1.165) is 28.8 Å². The molecule has 2 aromatic carbocycles. The Balaban J connectivity index is 1.38. The fourth-order valence-electron chi connectivity index (χ4n) is 4.11. The molecule has 2 heterocycles. The van der Waals surface area contributed by atoms with Gasteiger partial charge in [-0.15, -0.1) is 0 Å². The van der Waals surface area contributed by atoms with Gasteiger partial charge in [0.15, 0.2) is 0 Å². The Hall–Kier alpha value is -3.08. The Morgan fingerprint density at radius 3 is 2.69 bits per heavy atom. The van der Waals surface area contributed by atoms with E-state index in [1.165, 1.54) is 16.5 Å². The van der Waals surface area contributed by atoms with Gasteiger partial charge in [0.25, 0.3) is 0 Å². The van der Waals surface area contributed by atoms with Crippen LogP contribution in [0, 0.1) is 26.7 Å². The first-order chi connectivity index (χ1) is 13.9. The van der Waals surface area contributed by atoms with Crippen LogP contribution in [0.1, 0.15) is 28.7 Å². The summed E-state index contributed by atoms with van der Waals surface area (Å²) in [6.45, 7) is 7.21. The second-order valence-corrected chi connectivity index (χ2v) is 8.16. The van der Waals surface area contributed by atoms with Crippen molar-refractivity contribution < 1.29 is 9.59 Å². The highest BCUT2D eigenvalue weighted by molar-refractivity contribution is 5.97. The van der Waals surface area contributed by atoms with Crippen LogP contribution in [-0.2, 0) is 16.0 Å². The van der Waals surface area contributed by atoms with E-state index in [1.54, 1.807) is 0 Å². The minimum absolute atomic E-state index is 0.0572. The summed E-state index contributed by atoms with van der Waals surface area (Å²) >= 11 is 0. The number of aryl methyl sites for hydroxylation is 3. The Morgan fingerprint density at radius 2 is 1.90 bits per heavy atom. The first-order valence-electron chi connectivity index (χ1n) is 10.1. The Kier molecular flexibility index (Phi) is 5.14. The standard InChI is InChI=1S/C24H27N3O2/c1-15-4-6-21(17(3)10-15)26-24(29)19-12-23(28)27(14-19)9-8-18-13-25-22-7-5-16(2)11-20(18)22/h4-7,10-11,13,19,25H,8-9,12,14H2,1-3H3,(H,26,29). The van der Waals surface area contributed by atoms with E-state index in [1.807, 2.05) is 43.1 Å². The van der Waals surface area contributed by atoms with E-state index >= 15 is 0 Å². The number of hydrogen-bond acceptors (Lipinski definition) is 2. The van der Waals surface area contributed by atoms with Crippen molar-refractivity contribution >= 4 is 28.4 Å². The van der Waals surface area contributed by atoms with E-state index in [4.69, 9.17) is 0 Å². The second kappa shape index (κ2) is 7.74. The number of carbonyl (C=O) groups is 2. The molecule has 0 bridgehead atoms. The predicted molar refractivity (Wildman–Crippen MR) is 116 cm³/mol. The van der Waals surface area contributed by atoms with Crippen LogP contribution in [0.5, 0.6) is 0 Å². The van der Waals surface area contributed by atoms with Gasteiger partial charge in [-0.25, -0.2) is 0 Å². The van der Waals surface area contributed by atoms with Crippen molar-refractivity contribution in [2.24, 2.45) is 5.92 Å².